The molecule has 0 heterocycles. The van der Waals surface area contributed by atoms with Gasteiger partial charge in [-0.25, -0.2) is 8.42 Å². The van der Waals surface area contributed by atoms with Crippen LogP contribution in [0, 0.1) is 10.1 Å². The second-order valence-corrected chi connectivity index (χ2v) is 6.96. The van der Waals surface area contributed by atoms with Crippen molar-refractivity contribution in [2.45, 2.75) is 15.5 Å². The van der Waals surface area contributed by atoms with E-state index in [1.54, 1.807) is 18.2 Å². The quantitative estimate of drug-likeness (QED) is 0.472. The van der Waals surface area contributed by atoms with Gasteiger partial charge in [-0.15, -0.1) is 0 Å². The zero-order valence-corrected chi connectivity index (χ0v) is 10.6. The number of nitro groups is 1. The zero-order chi connectivity index (χ0) is 12.2. The fourth-order valence-corrected chi connectivity index (χ4v) is 3.22. The van der Waals surface area contributed by atoms with E-state index in [2.05, 4.69) is 15.9 Å². The molecule has 5 nitrogen and oxygen atoms in total. The molecule has 1 aromatic carbocycles. The fourth-order valence-electron chi connectivity index (χ4n) is 1.12. The molecule has 0 bridgehead atoms. The summed E-state index contributed by atoms with van der Waals surface area (Å²) >= 11 is 2.97. The van der Waals surface area contributed by atoms with E-state index in [1.807, 2.05) is 0 Å². The SMILES string of the molecule is O=[N+]([O-])CCC(Br)S(=O)(=O)c1ccccc1. The van der Waals surface area contributed by atoms with E-state index in [9.17, 15) is 18.5 Å². The van der Waals surface area contributed by atoms with E-state index in [4.69, 9.17) is 0 Å². The molecule has 0 aliphatic heterocycles. The Kier molecular flexibility index (Phi) is 4.43. The first kappa shape index (κ1) is 13.1. The minimum Gasteiger partial charge on any atom is -0.265 e. The highest BCUT2D eigenvalue weighted by molar-refractivity contribution is 9.11. The van der Waals surface area contributed by atoms with Crippen LogP contribution in [0.2, 0.25) is 0 Å². The van der Waals surface area contributed by atoms with Gasteiger partial charge >= 0.3 is 0 Å². The Morgan fingerprint density at radius 3 is 2.38 bits per heavy atom. The molecule has 16 heavy (non-hydrogen) atoms. The average molecular weight is 308 g/mol. The summed E-state index contributed by atoms with van der Waals surface area (Å²) in [5.41, 5.74) is 0. The summed E-state index contributed by atoms with van der Waals surface area (Å²) in [6.45, 7) is -0.373. The van der Waals surface area contributed by atoms with Crippen molar-refractivity contribution in [3.05, 3.63) is 40.4 Å². The van der Waals surface area contributed by atoms with Crippen LogP contribution in [-0.4, -0.2) is 24.0 Å². The summed E-state index contributed by atoms with van der Waals surface area (Å²) in [6, 6.07) is 7.87. The van der Waals surface area contributed by atoms with Crippen LogP contribution < -0.4 is 0 Å². The molecule has 1 unspecified atom stereocenters. The number of halogens is 1. The molecule has 0 N–H and O–H groups in total. The molecule has 1 rings (SSSR count). The van der Waals surface area contributed by atoms with Gasteiger partial charge in [-0.3, -0.25) is 10.1 Å². The number of nitrogens with zero attached hydrogens (tertiary/aromatic N) is 1. The third-order valence-electron chi connectivity index (χ3n) is 1.95. The van der Waals surface area contributed by atoms with Crippen molar-refractivity contribution >= 4 is 25.8 Å². The van der Waals surface area contributed by atoms with Gasteiger partial charge < -0.3 is 0 Å². The summed E-state index contributed by atoms with van der Waals surface area (Å²) in [7, 11) is -3.52. The van der Waals surface area contributed by atoms with Gasteiger partial charge in [0.2, 0.25) is 6.54 Å². The van der Waals surface area contributed by atoms with Gasteiger partial charge in [-0.05, 0) is 12.1 Å². The lowest BCUT2D eigenvalue weighted by atomic mass is 10.4. The van der Waals surface area contributed by atoms with Crippen molar-refractivity contribution in [2.24, 2.45) is 0 Å². The largest absolute Gasteiger partial charge is 0.265 e. The second-order valence-electron chi connectivity index (χ2n) is 3.11. The molecule has 0 radical (unpaired) electrons. The third kappa shape index (κ3) is 3.28. The number of sulfone groups is 1. The van der Waals surface area contributed by atoms with Crippen LogP contribution >= 0.6 is 15.9 Å². The van der Waals surface area contributed by atoms with Gasteiger partial charge in [0.25, 0.3) is 0 Å². The molecule has 0 spiro atoms. The predicted molar refractivity (Wildman–Crippen MR) is 62.8 cm³/mol. The van der Waals surface area contributed by atoms with Crippen molar-refractivity contribution in [3.63, 3.8) is 0 Å². The Bertz CT molecular complexity index is 460. The minimum atomic E-state index is -3.52. The second kappa shape index (κ2) is 5.40. The normalized spacial score (nSPS) is 13.3. The number of rotatable bonds is 5. The van der Waals surface area contributed by atoms with Crippen molar-refractivity contribution in [2.75, 3.05) is 6.54 Å². The lowest BCUT2D eigenvalue weighted by Crippen LogP contribution is -2.18. The van der Waals surface area contributed by atoms with E-state index < -0.39 is 18.9 Å². The molecule has 1 aromatic rings. The van der Waals surface area contributed by atoms with Gasteiger partial charge in [0.15, 0.2) is 9.84 Å². The molecule has 0 saturated heterocycles. The number of hydrogen-bond acceptors (Lipinski definition) is 4. The molecule has 88 valence electrons. The average Bonchev–Trinajstić information content (AvgIpc) is 2.27. The van der Waals surface area contributed by atoms with Crippen LogP contribution in [0.25, 0.3) is 0 Å². The summed E-state index contributed by atoms with van der Waals surface area (Å²) in [5, 5.41) is 10.2. The van der Waals surface area contributed by atoms with E-state index >= 15 is 0 Å². The highest BCUT2D eigenvalue weighted by Crippen LogP contribution is 2.22. The van der Waals surface area contributed by atoms with Crippen LogP contribution in [0.15, 0.2) is 35.2 Å². The fraction of sp³-hybridized carbons (Fsp3) is 0.333. The molecule has 0 amide bonds. The highest BCUT2D eigenvalue weighted by Gasteiger charge is 2.25. The lowest BCUT2D eigenvalue weighted by Gasteiger charge is -2.08. The van der Waals surface area contributed by atoms with Crippen molar-refractivity contribution < 1.29 is 13.3 Å². The number of hydrogen-bond donors (Lipinski definition) is 0. The van der Waals surface area contributed by atoms with E-state index in [1.165, 1.54) is 12.1 Å². The molecular weight excluding hydrogens is 298 g/mol. The van der Waals surface area contributed by atoms with Gasteiger partial charge in [0, 0.05) is 11.3 Å². The van der Waals surface area contributed by atoms with Gasteiger partial charge in [0.1, 0.15) is 4.16 Å². The predicted octanol–water partition coefficient (Wildman–Crippen LogP) is 1.85. The number of alkyl halides is 1. The first-order chi connectivity index (χ1) is 7.44. The molecule has 7 heteroatoms. The van der Waals surface area contributed by atoms with Gasteiger partial charge in [0.05, 0.1) is 4.90 Å². The van der Waals surface area contributed by atoms with Crippen molar-refractivity contribution in [1.82, 2.24) is 0 Å². The third-order valence-corrected chi connectivity index (χ3v) is 5.72. The molecule has 0 fully saturated rings. The summed E-state index contributed by atoms with van der Waals surface area (Å²) in [4.78, 5) is 9.79. The Labute approximate surface area is 102 Å². The number of benzene rings is 1. The maximum Gasteiger partial charge on any atom is 0.206 e. The lowest BCUT2D eigenvalue weighted by molar-refractivity contribution is -0.479. The Hall–Kier alpha value is -0.950. The highest BCUT2D eigenvalue weighted by atomic mass is 79.9. The topological polar surface area (TPSA) is 77.3 Å². The molecule has 1 atom stereocenters. The smallest absolute Gasteiger partial charge is 0.206 e. The molecular formula is C9H10BrNO4S. The monoisotopic (exact) mass is 307 g/mol. The Balaban J connectivity index is 2.82. The summed E-state index contributed by atoms with van der Waals surface area (Å²) < 4.78 is 22.8. The van der Waals surface area contributed by atoms with Crippen LogP contribution in [0.3, 0.4) is 0 Å². The standard InChI is InChI=1S/C9H10BrNO4S/c10-9(6-7-11(12)13)16(14,15)8-4-2-1-3-5-8/h1-5,9H,6-7H2. The van der Waals surface area contributed by atoms with Crippen molar-refractivity contribution in [3.8, 4) is 0 Å². The molecule has 0 aliphatic rings. The minimum absolute atomic E-state index is 0.0514. The van der Waals surface area contributed by atoms with Crippen LogP contribution in [-0.2, 0) is 9.84 Å². The molecule has 0 aromatic heterocycles. The van der Waals surface area contributed by atoms with Crippen molar-refractivity contribution in [1.29, 1.82) is 0 Å². The Morgan fingerprint density at radius 2 is 1.88 bits per heavy atom. The van der Waals surface area contributed by atoms with E-state index in [-0.39, 0.29) is 17.9 Å². The first-order valence-electron chi connectivity index (χ1n) is 4.49. The van der Waals surface area contributed by atoms with Crippen LogP contribution in [0.5, 0.6) is 0 Å². The van der Waals surface area contributed by atoms with Crippen LogP contribution in [0.4, 0.5) is 0 Å². The Morgan fingerprint density at radius 1 is 1.31 bits per heavy atom. The summed E-state index contributed by atoms with van der Waals surface area (Å²) in [6.07, 6.45) is -0.0514. The van der Waals surface area contributed by atoms with Crippen LogP contribution in [0.1, 0.15) is 6.42 Å². The first-order valence-corrected chi connectivity index (χ1v) is 6.95. The summed E-state index contributed by atoms with van der Waals surface area (Å²) in [5.74, 6) is 0. The van der Waals surface area contributed by atoms with Gasteiger partial charge in [-0.2, -0.15) is 0 Å². The maximum absolute atomic E-state index is 11.9. The van der Waals surface area contributed by atoms with E-state index in [0.717, 1.165) is 0 Å². The zero-order valence-electron chi connectivity index (χ0n) is 8.24. The maximum atomic E-state index is 11.9. The molecule has 0 aliphatic carbocycles. The van der Waals surface area contributed by atoms with Gasteiger partial charge in [-0.1, -0.05) is 34.1 Å². The molecule has 0 saturated carbocycles. The van der Waals surface area contributed by atoms with E-state index in [0.29, 0.717) is 0 Å².